The van der Waals surface area contributed by atoms with E-state index in [1.807, 2.05) is 32.0 Å². The molecule has 106 valence electrons. The van der Waals surface area contributed by atoms with E-state index in [0.29, 0.717) is 12.3 Å². The third-order valence-corrected chi connectivity index (χ3v) is 3.83. The van der Waals surface area contributed by atoms with Gasteiger partial charge >= 0.3 is 0 Å². The molecule has 20 heavy (non-hydrogen) atoms. The lowest BCUT2D eigenvalue weighted by atomic mass is 10.2. The molecule has 2 rings (SSSR count). The number of hydrogen-bond donors (Lipinski definition) is 1. The third-order valence-electron chi connectivity index (χ3n) is 2.95. The predicted octanol–water partition coefficient (Wildman–Crippen LogP) is 4.80. The van der Waals surface area contributed by atoms with Crippen molar-refractivity contribution in [2.75, 3.05) is 6.54 Å². The lowest BCUT2D eigenvalue weighted by molar-refractivity contribution is 0.470. The van der Waals surface area contributed by atoms with E-state index in [1.54, 1.807) is 6.07 Å². The lowest BCUT2D eigenvalue weighted by Gasteiger charge is -2.12. The monoisotopic (exact) mass is 337 g/mol. The summed E-state index contributed by atoms with van der Waals surface area (Å²) in [5.41, 5.74) is 1.91. The lowest BCUT2D eigenvalue weighted by Crippen LogP contribution is -2.12. The smallest absolute Gasteiger partial charge is 0.132 e. The second kappa shape index (κ2) is 6.86. The van der Waals surface area contributed by atoms with Crippen LogP contribution in [0.15, 0.2) is 40.9 Å². The van der Waals surface area contributed by atoms with E-state index in [9.17, 15) is 4.39 Å². The van der Waals surface area contributed by atoms with Crippen molar-refractivity contribution >= 4 is 15.9 Å². The van der Waals surface area contributed by atoms with Crippen molar-refractivity contribution < 1.29 is 9.13 Å². The van der Waals surface area contributed by atoms with Crippen LogP contribution in [0.5, 0.6) is 11.5 Å². The van der Waals surface area contributed by atoms with Crippen LogP contribution >= 0.6 is 15.9 Å². The van der Waals surface area contributed by atoms with Gasteiger partial charge in [0.2, 0.25) is 0 Å². The molecule has 0 heterocycles. The zero-order valence-electron chi connectivity index (χ0n) is 11.5. The van der Waals surface area contributed by atoms with Crippen molar-refractivity contribution in [2.45, 2.75) is 20.4 Å². The second-order valence-corrected chi connectivity index (χ2v) is 5.40. The highest BCUT2D eigenvalue weighted by molar-refractivity contribution is 9.10. The maximum Gasteiger partial charge on any atom is 0.132 e. The maximum atomic E-state index is 13.3. The Hall–Kier alpha value is -1.39. The fraction of sp³-hybridized carbons (Fsp3) is 0.250. The summed E-state index contributed by atoms with van der Waals surface area (Å²) in [5, 5.41) is 3.18. The summed E-state index contributed by atoms with van der Waals surface area (Å²) >= 11 is 3.46. The maximum absolute atomic E-state index is 13.3. The summed E-state index contributed by atoms with van der Waals surface area (Å²) in [6.07, 6.45) is 0. The molecule has 0 saturated heterocycles. The number of aryl methyl sites for hydroxylation is 1. The van der Waals surface area contributed by atoms with Crippen LogP contribution in [0, 0.1) is 12.7 Å². The Kier molecular flexibility index (Phi) is 5.15. The van der Waals surface area contributed by atoms with Crippen molar-refractivity contribution in [2.24, 2.45) is 0 Å². The van der Waals surface area contributed by atoms with E-state index in [0.717, 1.165) is 27.9 Å². The first-order valence-electron chi connectivity index (χ1n) is 6.53. The van der Waals surface area contributed by atoms with Crippen LogP contribution in [-0.4, -0.2) is 6.54 Å². The molecule has 0 radical (unpaired) electrons. The quantitative estimate of drug-likeness (QED) is 0.846. The van der Waals surface area contributed by atoms with Gasteiger partial charge in [-0.25, -0.2) is 4.39 Å². The van der Waals surface area contributed by atoms with Gasteiger partial charge in [-0.1, -0.05) is 22.9 Å². The Morgan fingerprint density at radius 1 is 1.20 bits per heavy atom. The average Bonchev–Trinajstić information content (AvgIpc) is 2.43. The van der Waals surface area contributed by atoms with Gasteiger partial charge in [0.1, 0.15) is 17.3 Å². The molecule has 0 amide bonds. The van der Waals surface area contributed by atoms with Crippen LogP contribution in [-0.2, 0) is 6.54 Å². The zero-order valence-corrected chi connectivity index (χ0v) is 13.1. The largest absolute Gasteiger partial charge is 0.457 e. The van der Waals surface area contributed by atoms with Gasteiger partial charge in [-0.15, -0.1) is 0 Å². The molecule has 0 aliphatic heterocycles. The fourth-order valence-electron chi connectivity index (χ4n) is 1.85. The van der Waals surface area contributed by atoms with Gasteiger partial charge in [0.15, 0.2) is 0 Å². The van der Waals surface area contributed by atoms with Gasteiger partial charge in [-0.3, -0.25) is 0 Å². The summed E-state index contributed by atoms with van der Waals surface area (Å²) in [5.74, 6) is 1.17. The van der Waals surface area contributed by atoms with E-state index >= 15 is 0 Å². The summed E-state index contributed by atoms with van der Waals surface area (Å²) in [7, 11) is 0. The highest BCUT2D eigenvalue weighted by Gasteiger charge is 2.07. The Morgan fingerprint density at radius 2 is 2.00 bits per heavy atom. The standard InChI is InChI=1S/C16H17BrFNO/c1-3-19-10-12-9-13(18)4-7-16(12)20-14-5-6-15(17)11(2)8-14/h4-9,19H,3,10H2,1-2H3. The molecule has 0 fully saturated rings. The molecule has 4 heteroatoms. The Morgan fingerprint density at radius 3 is 2.70 bits per heavy atom. The second-order valence-electron chi connectivity index (χ2n) is 4.55. The number of hydrogen-bond acceptors (Lipinski definition) is 2. The minimum absolute atomic E-state index is 0.253. The van der Waals surface area contributed by atoms with Gasteiger partial charge < -0.3 is 10.1 Å². The Balaban J connectivity index is 2.25. The summed E-state index contributed by atoms with van der Waals surface area (Å²) in [6.45, 7) is 5.42. The van der Waals surface area contributed by atoms with Crippen molar-refractivity contribution in [3.8, 4) is 11.5 Å². The van der Waals surface area contributed by atoms with Gasteiger partial charge in [0.25, 0.3) is 0 Å². The molecule has 0 aliphatic rings. The molecule has 2 nitrogen and oxygen atoms in total. The summed E-state index contributed by atoms with van der Waals surface area (Å²) in [4.78, 5) is 0. The Labute approximate surface area is 127 Å². The first kappa shape index (κ1) is 15.0. The molecular weight excluding hydrogens is 321 g/mol. The number of halogens is 2. The topological polar surface area (TPSA) is 21.3 Å². The average molecular weight is 338 g/mol. The fourth-order valence-corrected chi connectivity index (χ4v) is 2.10. The number of rotatable bonds is 5. The van der Waals surface area contributed by atoms with Crippen LogP contribution in [0.2, 0.25) is 0 Å². The predicted molar refractivity (Wildman–Crippen MR) is 82.7 cm³/mol. The third kappa shape index (κ3) is 3.81. The van der Waals surface area contributed by atoms with Gasteiger partial charge in [0, 0.05) is 16.6 Å². The van der Waals surface area contributed by atoms with Crippen LogP contribution < -0.4 is 10.1 Å². The molecule has 0 atom stereocenters. The SMILES string of the molecule is CCNCc1cc(F)ccc1Oc1ccc(Br)c(C)c1. The first-order chi connectivity index (χ1) is 9.60. The molecule has 1 N–H and O–H groups in total. The van der Waals surface area contributed by atoms with Gasteiger partial charge in [0.05, 0.1) is 0 Å². The summed E-state index contributed by atoms with van der Waals surface area (Å²) in [6, 6.07) is 10.4. The van der Waals surface area contributed by atoms with E-state index < -0.39 is 0 Å². The number of benzene rings is 2. The minimum Gasteiger partial charge on any atom is -0.457 e. The van der Waals surface area contributed by atoms with Crippen molar-refractivity contribution in [3.05, 3.63) is 57.8 Å². The zero-order chi connectivity index (χ0) is 14.5. The molecule has 0 unspecified atom stereocenters. The molecule has 0 saturated carbocycles. The van der Waals surface area contributed by atoms with Crippen LogP contribution in [0.4, 0.5) is 4.39 Å². The van der Waals surface area contributed by atoms with E-state index in [1.165, 1.54) is 12.1 Å². The van der Waals surface area contributed by atoms with E-state index in [2.05, 4.69) is 21.2 Å². The van der Waals surface area contributed by atoms with E-state index in [4.69, 9.17) is 4.74 Å². The number of nitrogens with one attached hydrogen (secondary N) is 1. The van der Waals surface area contributed by atoms with Crippen molar-refractivity contribution in [3.63, 3.8) is 0 Å². The van der Waals surface area contributed by atoms with E-state index in [-0.39, 0.29) is 5.82 Å². The minimum atomic E-state index is -0.253. The Bertz CT molecular complexity index is 601. The van der Waals surface area contributed by atoms with Crippen LogP contribution in [0.3, 0.4) is 0 Å². The van der Waals surface area contributed by atoms with Gasteiger partial charge in [-0.05, 0) is 55.4 Å². The highest BCUT2D eigenvalue weighted by Crippen LogP contribution is 2.29. The summed E-state index contributed by atoms with van der Waals surface area (Å²) < 4.78 is 20.2. The first-order valence-corrected chi connectivity index (χ1v) is 7.32. The molecule has 0 spiro atoms. The molecule has 2 aromatic rings. The molecule has 0 aromatic heterocycles. The molecular formula is C16H17BrFNO. The van der Waals surface area contributed by atoms with Crippen LogP contribution in [0.1, 0.15) is 18.1 Å². The molecule has 0 bridgehead atoms. The molecule has 2 aromatic carbocycles. The highest BCUT2D eigenvalue weighted by atomic mass is 79.9. The van der Waals surface area contributed by atoms with Crippen LogP contribution in [0.25, 0.3) is 0 Å². The molecule has 0 aliphatic carbocycles. The number of ether oxygens (including phenoxy) is 1. The normalized spacial score (nSPS) is 10.6. The van der Waals surface area contributed by atoms with Crippen molar-refractivity contribution in [1.82, 2.24) is 5.32 Å². The van der Waals surface area contributed by atoms with Crippen molar-refractivity contribution in [1.29, 1.82) is 0 Å². The van der Waals surface area contributed by atoms with Gasteiger partial charge in [-0.2, -0.15) is 0 Å².